The third-order valence-corrected chi connectivity index (χ3v) is 4.87. The van der Waals surface area contributed by atoms with Gasteiger partial charge in [-0.25, -0.2) is 0 Å². The van der Waals surface area contributed by atoms with Crippen LogP contribution >= 0.6 is 0 Å². The van der Waals surface area contributed by atoms with Crippen molar-refractivity contribution >= 4 is 0 Å². The highest BCUT2D eigenvalue weighted by atomic mass is 16.5. The minimum atomic E-state index is 0.532. The summed E-state index contributed by atoms with van der Waals surface area (Å²) < 4.78 is 8.11. The highest BCUT2D eigenvalue weighted by Crippen LogP contribution is 2.29. The van der Waals surface area contributed by atoms with Crippen molar-refractivity contribution in [1.82, 2.24) is 14.7 Å². The molecule has 1 aliphatic heterocycles. The number of benzene rings is 2. The Morgan fingerprint density at radius 3 is 2.27 bits per heavy atom. The summed E-state index contributed by atoms with van der Waals surface area (Å²) in [5, 5.41) is 4.73. The van der Waals surface area contributed by atoms with Crippen LogP contribution in [0.3, 0.4) is 0 Å². The van der Waals surface area contributed by atoms with Gasteiger partial charge < -0.3 is 9.64 Å². The molecular formula is C22H25N3O. The van der Waals surface area contributed by atoms with E-state index in [0.717, 1.165) is 29.8 Å². The summed E-state index contributed by atoms with van der Waals surface area (Å²) >= 11 is 0. The van der Waals surface area contributed by atoms with Gasteiger partial charge in [-0.05, 0) is 37.1 Å². The lowest BCUT2D eigenvalue weighted by molar-refractivity contribution is 0.283. The Hall–Kier alpha value is -2.59. The molecule has 0 bridgehead atoms. The zero-order valence-corrected chi connectivity index (χ0v) is 15.1. The Morgan fingerprint density at radius 2 is 1.54 bits per heavy atom. The predicted molar refractivity (Wildman–Crippen MR) is 104 cm³/mol. The van der Waals surface area contributed by atoms with Crippen LogP contribution in [0.25, 0.3) is 11.1 Å². The van der Waals surface area contributed by atoms with Crippen LogP contribution in [0.5, 0.6) is 5.88 Å². The van der Waals surface area contributed by atoms with Crippen molar-refractivity contribution in [3.8, 4) is 17.0 Å². The molecule has 0 saturated carbocycles. The van der Waals surface area contributed by atoms with Gasteiger partial charge in [-0.3, -0.25) is 4.68 Å². The molecule has 1 fully saturated rings. The number of nitrogens with zero attached hydrogens (tertiary/aromatic N) is 3. The van der Waals surface area contributed by atoms with Crippen molar-refractivity contribution in [2.24, 2.45) is 0 Å². The molecule has 3 aromatic rings. The molecule has 0 aliphatic carbocycles. The van der Waals surface area contributed by atoms with Crippen LogP contribution in [0.4, 0.5) is 0 Å². The van der Waals surface area contributed by atoms with E-state index < -0.39 is 0 Å². The van der Waals surface area contributed by atoms with Crippen molar-refractivity contribution in [2.45, 2.75) is 26.0 Å². The lowest BCUT2D eigenvalue weighted by Crippen LogP contribution is -2.24. The maximum atomic E-state index is 6.08. The van der Waals surface area contributed by atoms with E-state index >= 15 is 0 Å². The molecule has 0 amide bonds. The Balaban J connectivity index is 1.51. The fourth-order valence-electron chi connectivity index (χ4n) is 3.42. The van der Waals surface area contributed by atoms with Crippen LogP contribution in [-0.2, 0) is 13.2 Å². The third kappa shape index (κ3) is 4.14. The maximum absolute atomic E-state index is 6.08. The molecule has 0 N–H and O–H groups in total. The van der Waals surface area contributed by atoms with Gasteiger partial charge in [0.15, 0.2) is 0 Å². The van der Waals surface area contributed by atoms with Gasteiger partial charge in [0.2, 0.25) is 5.88 Å². The van der Waals surface area contributed by atoms with Crippen LogP contribution in [-0.4, -0.2) is 34.3 Å². The molecule has 2 aromatic carbocycles. The Morgan fingerprint density at radius 1 is 0.846 bits per heavy atom. The Bertz CT molecular complexity index is 808. The second-order valence-corrected chi connectivity index (χ2v) is 6.80. The van der Waals surface area contributed by atoms with Crippen LogP contribution < -0.4 is 4.74 Å². The largest absolute Gasteiger partial charge is 0.471 e. The van der Waals surface area contributed by atoms with Gasteiger partial charge in [-0.15, -0.1) is 5.10 Å². The number of likely N-dealkylation sites (tertiary alicyclic amines) is 1. The van der Waals surface area contributed by atoms with E-state index in [-0.39, 0.29) is 0 Å². The van der Waals surface area contributed by atoms with E-state index in [2.05, 4.69) is 47.5 Å². The van der Waals surface area contributed by atoms with E-state index in [9.17, 15) is 0 Å². The number of rotatable bonds is 7. The number of hydrogen-bond acceptors (Lipinski definition) is 3. The average molecular weight is 347 g/mol. The highest BCUT2D eigenvalue weighted by Gasteiger charge is 2.15. The van der Waals surface area contributed by atoms with Gasteiger partial charge in [0.1, 0.15) is 6.61 Å². The molecule has 1 aromatic heterocycles. The first-order chi connectivity index (χ1) is 12.9. The molecule has 4 heteroatoms. The van der Waals surface area contributed by atoms with Crippen molar-refractivity contribution in [1.29, 1.82) is 0 Å². The quantitative estimate of drug-likeness (QED) is 0.641. The predicted octanol–water partition coefficient (Wildman–Crippen LogP) is 4.22. The summed E-state index contributed by atoms with van der Waals surface area (Å²) in [5.41, 5.74) is 3.35. The van der Waals surface area contributed by atoms with E-state index in [1.54, 1.807) is 0 Å². The SMILES string of the molecule is c1ccc(COc2nn(CCN3CCCC3)cc2-c2ccccc2)cc1. The van der Waals surface area contributed by atoms with E-state index in [1.165, 1.54) is 25.9 Å². The molecule has 26 heavy (non-hydrogen) atoms. The van der Waals surface area contributed by atoms with Crippen LogP contribution in [0, 0.1) is 0 Å². The standard InChI is InChI=1S/C22H25N3O/c1-3-9-19(10-4-1)18-26-22-21(20-11-5-2-6-12-20)17-25(23-22)16-15-24-13-7-8-14-24/h1-6,9-12,17H,7-8,13-16,18H2. The fraction of sp³-hybridized carbons (Fsp3) is 0.318. The first-order valence-electron chi connectivity index (χ1n) is 9.40. The molecule has 1 aliphatic rings. The second-order valence-electron chi connectivity index (χ2n) is 6.80. The second kappa shape index (κ2) is 8.19. The number of ether oxygens (including phenoxy) is 1. The first-order valence-corrected chi connectivity index (χ1v) is 9.40. The van der Waals surface area contributed by atoms with E-state index in [0.29, 0.717) is 12.5 Å². The fourth-order valence-corrected chi connectivity index (χ4v) is 3.42. The number of aromatic nitrogens is 2. The molecule has 4 nitrogen and oxygen atoms in total. The Kier molecular flexibility index (Phi) is 5.31. The normalized spacial score (nSPS) is 14.6. The van der Waals surface area contributed by atoms with Crippen molar-refractivity contribution in [2.75, 3.05) is 19.6 Å². The Labute approximate surface area is 155 Å². The molecule has 2 heterocycles. The van der Waals surface area contributed by atoms with Crippen LogP contribution in [0.15, 0.2) is 66.9 Å². The topological polar surface area (TPSA) is 30.3 Å². The molecular weight excluding hydrogens is 322 g/mol. The molecule has 0 radical (unpaired) electrons. The molecule has 0 spiro atoms. The van der Waals surface area contributed by atoms with Crippen molar-refractivity contribution < 1.29 is 4.74 Å². The van der Waals surface area contributed by atoms with Gasteiger partial charge in [0.05, 0.1) is 12.1 Å². The van der Waals surface area contributed by atoms with Gasteiger partial charge in [0.25, 0.3) is 0 Å². The summed E-state index contributed by atoms with van der Waals surface area (Å²) in [6.45, 7) is 4.90. The molecule has 0 atom stereocenters. The summed E-state index contributed by atoms with van der Waals surface area (Å²) in [4.78, 5) is 2.51. The minimum absolute atomic E-state index is 0.532. The summed E-state index contributed by atoms with van der Waals surface area (Å²) in [5.74, 6) is 0.710. The summed E-state index contributed by atoms with van der Waals surface area (Å²) in [6.07, 6.45) is 4.76. The lowest BCUT2D eigenvalue weighted by atomic mass is 10.1. The molecule has 1 saturated heterocycles. The smallest absolute Gasteiger partial charge is 0.241 e. The lowest BCUT2D eigenvalue weighted by Gasteiger charge is -2.13. The number of hydrogen-bond donors (Lipinski definition) is 0. The van der Waals surface area contributed by atoms with Gasteiger partial charge in [0, 0.05) is 12.7 Å². The highest BCUT2D eigenvalue weighted by molar-refractivity contribution is 5.67. The van der Waals surface area contributed by atoms with Gasteiger partial charge >= 0.3 is 0 Å². The van der Waals surface area contributed by atoms with E-state index in [1.807, 2.05) is 28.9 Å². The van der Waals surface area contributed by atoms with Crippen LogP contribution in [0.2, 0.25) is 0 Å². The maximum Gasteiger partial charge on any atom is 0.241 e. The molecule has 4 rings (SSSR count). The summed E-state index contributed by atoms with van der Waals surface area (Å²) in [6, 6.07) is 20.6. The van der Waals surface area contributed by atoms with Crippen molar-refractivity contribution in [3.63, 3.8) is 0 Å². The monoisotopic (exact) mass is 347 g/mol. The average Bonchev–Trinajstić information content (AvgIpc) is 3.36. The minimum Gasteiger partial charge on any atom is -0.471 e. The zero-order chi connectivity index (χ0) is 17.6. The van der Waals surface area contributed by atoms with E-state index in [4.69, 9.17) is 9.84 Å². The van der Waals surface area contributed by atoms with Gasteiger partial charge in [-0.1, -0.05) is 60.7 Å². The third-order valence-electron chi connectivity index (χ3n) is 4.87. The zero-order valence-electron chi connectivity index (χ0n) is 15.1. The van der Waals surface area contributed by atoms with Crippen LogP contribution in [0.1, 0.15) is 18.4 Å². The molecule has 134 valence electrons. The molecule has 0 unspecified atom stereocenters. The van der Waals surface area contributed by atoms with Crippen molar-refractivity contribution in [3.05, 3.63) is 72.4 Å². The summed E-state index contributed by atoms with van der Waals surface area (Å²) in [7, 11) is 0. The first kappa shape index (κ1) is 16.9. The van der Waals surface area contributed by atoms with Gasteiger partial charge in [-0.2, -0.15) is 0 Å².